The lowest BCUT2D eigenvalue weighted by molar-refractivity contribution is 0.1000. The van der Waals surface area contributed by atoms with E-state index < -0.39 is 5.91 Å². The average Bonchev–Trinajstić information content (AvgIpc) is 2.87. The van der Waals surface area contributed by atoms with E-state index >= 15 is 0 Å². The van der Waals surface area contributed by atoms with Crippen molar-refractivity contribution in [1.29, 1.82) is 0 Å². The molecule has 0 saturated heterocycles. The first-order valence-electron chi connectivity index (χ1n) is 5.24. The van der Waals surface area contributed by atoms with Crippen LogP contribution in [0.15, 0.2) is 22.4 Å². The molecule has 2 aromatic rings. The Kier molecular flexibility index (Phi) is 4.34. The molecule has 1 aromatic heterocycles. The van der Waals surface area contributed by atoms with E-state index in [1.54, 1.807) is 18.6 Å². The Hall–Kier alpha value is -1.24. The Morgan fingerprint density at radius 3 is 2.79 bits per heavy atom. The molecule has 7 heteroatoms. The Morgan fingerprint density at radius 1 is 1.53 bits per heavy atom. The number of thiazole rings is 1. The lowest BCUT2D eigenvalue weighted by Crippen LogP contribution is -2.10. The van der Waals surface area contributed by atoms with E-state index in [0.29, 0.717) is 16.5 Å². The molecule has 1 heterocycles. The van der Waals surface area contributed by atoms with Gasteiger partial charge in [0, 0.05) is 10.9 Å². The molecule has 4 nitrogen and oxygen atoms in total. The summed E-state index contributed by atoms with van der Waals surface area (Å²) in [4.78, 5) is 16.1. The molecule has 0 unspecified atom stereocenters. The number of methoxy groups -OCH3 is 1. The van der Waals surface area contributed by atoms with Crippen LogP contribution in [-0.2, 0) is 0 Å². The Bertz CT molecular complexity index is 628. The second kappa shape index (κ2) is 5.81. The summed E-state index contributed by atoms with van der Waals surface area (Å²) in [6.07, 6.45) is 1.93. The van der Waals surface area contributed by atoms with E-state index in [9.17, 15) is 4.79 Å². The topological polar surface area (TPSA) is 65.2 Å². The van der Waals surface area contributed by atoms with Crippen molar-refractivity contribution < 1.29 is 9.53 Å². The molecular formula is C12H11ClN2O2S2. The first kappa shape index (κ1) is 14.2. The van der Waals surface area contributed by atoms with E-state index in [-0.39, 0.29) is 5.01 Å². The lowest BCUT2D eigenvalue weighted by Gasteiger charge is -2.10. The van der Waals surface area contributed by atoms with Gasteiger partial charge in [0.15, 0.2) is 5.01 Å². The number of nitrogens with zero attached hydrogens (tertiary/aromatic N) is 1. The molecule has 0 spiro atoms. The summed E-state index contributed by atoms with van der Waals surface area (Å²) >= 11 is 8.93. The van der Waals surface area contributed by atoms with Gasteiger partial charge in [0.25, 0.3) is 5.91 Å². The number of amides is 1. The summed E-state index contributed by atoms with van der Waals surface area (Å²) in [5, 5.41) is 2.64. The molecule has 0 bridgehead atoms. The van der Waals surface area contributed by atoms with Gasteiger partial charge in [-0.15, -0.1) is 23.1 Å². The molecule has 1 aromatic carbocycles. The second-order valence-electron chi connectivity index (χ2n) is 3.60. The number of carbonyl (C=O) groups is 1. The van der Waals surface area contributed by atoms with E-state index in [1.807, 2.05) is 12.3 Å². The van der Waals surface area contributed by atoms with Crippen LogP contribution in [-0.4, -0.2) is 24.3 Å². The number of primary amides is 1. The van der Waals surface area contributed by atoms with Crippen LogP contribution >= 0.6 is 34.7 Å². The number of hydrogen-bond donors (Lipinski definition) is 1. The fourth-order valence-electron chi connectivity index (χ4n) is 1.59. The SMILES string of the molecule is COc1cc(-c2csc(C(N)=O)n2)cc(Cl)c1SC. The summed E-state index contributed by atoms with van der Waals surface area (Å²) in [6, 6.07) is 3.65. The fraction of sp³-hybridized carbons (Fsp3) is 0.167. The summed E-state index contributed by atoms with van der Waals surface area (Å²) in [5.41, 5.74) is 6.65. The van der Waals surface area contributed by atoms with Crippen LogP contribution in [0.1, 0.15) is 9.80 Å². The second-order valence-corrected chi connectivity index (χ2v) is 5.68. The molecule has 1 amide bonds. The summed E-state index contributed by atoms with van der Waals surface area (Å²) in [7, 11) is 1.59. The maximum Gasteiger partial charge on any atom is 0.277 e. The van der Waals surface area contributed by atoms with Crippen LogP contribution in [0.4, 0.5) is 0 Å². The molecule has 0 aliphatic carbocycles. The summed E-state index contributed by atoms with van der Waals surface area (Å²) in [5.74, 6) is 0.152. The van der Waals surface area contributed by atoms with E-state index in [1.165, 1.54) is 23.1 Å². The molecule has 100 valence electrons. The normalized spacial score (nSPS) is 10.5. The number of ether oxygens (including phenoxy) is 1. The zero-order valence-electron chi connectivity index (χ0n) is 10.3. The minimum absolute atomic E-state index is 0.277. The number of aromatic nitrogens is 1. The maximum atomic E-state index is 11.1. The van der Waals surface area contributed by atoms with Crippen LogP contribution in [0.5, 0.6) is 5.75 Å². The van der Waals surface area contributed by atoms with E-state index in [4.69, 9.17) is 22.1 Å². The van der Waals surface area contributed by atoms with Crippen LogP contribution in [0, 0.1) is 0 Å². The molecule has 0 aliphatic rings. The van der Waals surface area contributed by atoms with Gasteiger partial charge in [-0.25, -0.2) is 4.98 Å². The van der Waals surface area contributed by atoms with Gasteiger partial charge in [0.2, 0.25) is 0 Å². The van der Waals surface area contributed by atoms with Crippen LogP contribution in [0.25, 0.3) is 11.3 Å². The Morgan fingerprint density at radius 2 is 2.26 bits per heavy atom. The third-order valence-corrected chi connectivity index (χ3v) is 4.54. The Labute approximate surface area is 123 Å². The van der Waals surface area contributed by atoms with Gasteiger partial charge >= 0.3 is 0 Å². The molecule has 0 fully saturated rings. The van der Waals surface area contributed by atoms with Gasteiger partial charge in [-0.2, -0.15) is 0 Å². The van der Waals surface area contributed by atoms with Crippen molar-refractivity contribution in [3.05, 3.63) is 27.5 Å². The highest BCUT2D eigenvalue weighted by molar-refractivity contribution is 7.98. The first-order valence-corrected chi connectivity index (χ1v) is 7.72. The maximum absolute atomic E-state index is 11.1. The number of nitrogens with two attached hydrogens (primary N) is 1. The van der Waals surface area contributed by atoms with Crippen molar-refractivity contribution in [3.63, 3.8) is 0 Å². The average molecular weight is 315 g/mol. The number of benzene rings is 1. The van der Waals surface area contributed by atoms with Gasteiger partial charge in [-0.05, 0) is 18.4 Å². The molecule has 19 heavy (non-hydrogen) atoms. The van der Waals surface area contributed by atoms with Crippen LogP contribution in [0.3, 0.4) is 0 Å². The largest absolute Gasteiger partial charge is 0.496 e. The molecule has 0 saturated carbocycles. The first-order chi connectivity index (χ1) is 9.06. The van der Waals surface area contributed by atoms with Crippen molar-refractivity contribution in [2.24, 2.45) is 5.73 Å². The number of halogens is 1. The van der Waals surface area contributed by atoms with Gasteiger partial charge in [-0.3, -0.25) is 4.79 Å². The van der Waals surface area contributed by atoms with Gasteiger partial charge < -0.3 is 10.5 Å². The zero-order chi connectivity index (χ0) is 14.0. The molecule has 0 aliphatic heterocycles. The minimum atomic E-state index is -0.532. The summed E-state index contributed by atoms with van der Waals surface area (Å²) in [6.45, 7) is 0. The molecular weight excluding hydrogens is 304 g/mol. The summed E-state index contributed by atoms with van der Waals surface area (Å²) < 4.78 is 5.31. The van der Waals surface area contributed by atoms with Crippen molar-refractivity contribution >= 4 is 40.6 Å². The highest BCUT2D eigenvalue weighted by Crippen LogP contribution is 2.38. The molecule has 2 N–H and O–H groups in total. The van der Waals surface area contributed by atoms with Crippen LogP contribution < -0.4 is 10.5 Å². The van der Waals surface area contributed by atoms with Gasteiger partial charge in [0.05, 0.1) is 22.7 Å². The predicted molar refractivity (Wildman–Crippen MR) is 79.4 cm³/mol. The zero-order valence-corrected chi connectivity index (χ0v) is 12.7. The predicted octanol–water partition coefficient (Wildman–Crippen LogP) is 3.29. The molecule has 0 atom stereocenters. The smallest absolute Gasteiger partial charge is 0.277 e. The van der Waals surface area contributed by atoms with Crippen molar-refractivity contribution in [3.8, 4) is 17.0 Å². The number of rotatable bonds is 4. The van der Waals surface area contributed by atoms with Gasteiger partial charge in [0.1, 0.15) is 5.75 Å². The molecule has 2 rings (SSSR count). The number of hydrogen-bond acceptors (Lipinski definition) is 5. The van der Waals surface area contributed by atoms with Gasteiger partial charge in [-0.1, -0.05) is 11.6 Å². The number of thioether (sulfide) groups is 1. The van der Waals surface area contributed by atoms with Crippen molar-refractivity contribution in [1.82, 2.24) is 4.98 Å². The van der Waals surface area contributed by atoms with Crippen molar-refractivity contribution in [2.75, 3.05) is 13.4 Å². The van der Waals surface area contributed by atoms with Crippen LogP contribution in [0.2, 0.25) is 5.02 Å². The monoisotopic (exact) mass is 314 g/mol. The quantitative estimate of drug-likeness (QED) is 0.879. The number of carbonyl (C=O) groups excluding carboxylic acids is 1. The third kappa shape index (κ3) is 2.86. The minimum Gasteiger partial charge on any atom is -0.496 e. The third-order valence-electron chi connectivity index (χ3n) is 2.44. The highest BCUT2D eigenvalue weighted by atomic mass is 35.5. The fourth-order valence-corrected chi connectivity index (χ4v) is 3.30. The molecule has 0 radical (unpaired) electrons. The lowest BCUT2D eigenvalue weighted by atomic mass is 10.1. The highest BCUT2D eigenvalue weighted by Gasteiger charge is 2.14. The van der Waals surface area contributed by atoms with E-state index in [2.05, 4.69) is 4.98 Å². The standard InChI is InChI=1S/C12H11ClN2O2S2/c1-17-9-4-6(3-7(13)10(9)18-2)8-5-19-12(15-8)11(14)16/h3-5H,1-2H3,(H2,14,16). The Balaban J connectivity index is 2.50. The van der Waals surface area contributed by atoms with E-state index in [0.717, 1.165) is 10.5 Å². The van der Waals surface area contributed by atoms with Crippen molar-refractivity contribution in [2.45, 2.75) is 4.90 Å².